The Labute approximate surface area is 135 Å². The topological polar surface area (TPSA) is 12.0 Å². The summed E-state index contributed by atoms with van der Waals surface area (Å²) in [4.78, 5) is 2.63. The highest BCUT2D eigenvalue weighted by Gasteiger charge is 2.11. The van der Waals surface area contributed by atoms with Gasteiger partial charge in [0.2, 0.25) is 0 Å². The summed E-state index contributed by atoms with van der Waals surface area (Å²) in [7, 11) is 0. The SMILES string of the molecule is CC(Nc1ccccc1-c1cccs1)c1cc(Br)cs1. The van der Waals surface area contributed by atoms with Gasteiger partial charge in [-0.2, -0.15) is 0 Å². The van der Waals surface area contributed by atoms with Crippen molar-refractivity contribution in [2.75, 3.05) is 5.32 Å². The van der Waals surface area contributed by atoms with E-state index in [9.17, 15) is 0 Å². The van der Waals surface area contributed by atoms with Crippen molar-refractivity contribution in [1.29, 1.82) is 0 Å². The molecule has 0 aliphatic carbocycles. The first-order valence-corrected chi connectivity index (χ1v) is 8.92. The lowest BCUT2D eigenvalue weighted by Crippen LogP contribution is -2.05. The average molecular weight is 364 g/mol. The van der Waals surface area contributed by atoms with Gasteiger partial charge in [-0.25, -0.2) is 0 Å². The van der Waals surface area contributed by atoms with E-state index in [4.69, 9.17) is 0 Å². The molecule has 0 radical (unpaired) electrons. The van der Waals surface area contributed by atoms with Crippen LogP contribution in [-0.2, 0) is 0 Å². The van der Waals surface area contributed by atoms with E-state index < -0.39 is 0 Å². The summed E-state index contributed by atoms with van der Waals surface area (Å²) in [5, 5.41) is 7.87. The van der Waals surface area contributed by atoms with Gasteiger partial charge in [0.15, 0.2) is 0 Å². The number of hydrogen-bond acceptors (Lipinski definition) is 3. The maximum atomic E-state index is 3.62. The van der Waals surface area contributed by atoms with Crippen molar-refractivity contribution in [2.45, 2.75) is 13.0 Å². The van der Waals surface area contributed by atoms with Gasteiger partial charge >= 0.3 is 0 Å². The maximum absolute atomic E-state index is 3.62. The fourth-order valence-electron chi connectivity index (χ4n) is 2.12. The van der Waals surface area contributed by atoms with Crippen LogP contribution in [0.3, 0.4) is 0 Å². The van der Waals surface area contributed by atoms with Crippen molar-refractivity contribution in [3.8, 4) is 10.4 Å². The van der Waals surface area contributed by atoms with E-state index in [2.05, 4.69) is 81.4 Å². The number of rotatable bonds is 4. The third-order valence-electron chi connectivity index (χ3n) is 3.10. The summed E-state index contributed by atoms with van der Waals surface area (Å²) in [5.74, 6) is 0. The van der Waals surface area contributed by atoms with Crippen LogP contribution in [0.15, 0.2) is 57.7 Å². The Morgan fingerprint density at radius 1 is 1.10 bits per heavy atom. The fraction of sp³-hybridized carbons (Fsp3) is 0.125. The Morgan fingerprint density at radius 3 is 2.65 bits per heavy atom. The van der Waals surface area contributed by atoms with Crippen LogP contribution in [0, 0.1) is 0 Å². The largest absolute Gasteiger partial charge is 0.377 e. The molecule has 0 spiro atoms. The molecule has 0 saturated carbocycles. The molecule has 1 aromatic carbocycles. The summed E-state index contributed by atoms with van der Waals surface area (Å²) in [5.41, 5.74) is 2.46. The van der Waals surface area contributed by atoms with E-state index in [-0.39, 0.29) is 0 Å². The third kappa shape index (κ3) is 2.97. The van der Waals surface area contributed by atoms with Crippen molar-refractivity contribution in [2.24, 2.45) is 0 Å². The first-order chi connectivity index (χ1) is 9.74. The molecular formula is C16H14BrNS2. The molecule has 0 aliphatic rings. The molecule has 1 unspecified atom stereocenters. The fourth-order valence-corrected chi connectivity index (χ4v) is 4.33. The van der Waals surface area contributed by atoms with Gasteiger partial charge in [0.05, 0.1) is 6.04 Å². The molecule has 1 atom stereocenters. The lowest BCUT2D eigenvalue weighted by molar-refractivity contribution is 0.908. The van der Waals surface area contributed by atoms with Crippen molar-refractivity contribution in [3.63, 3.8) is 0 Å². The Balaban J connectivity index is 1.88. The van der Waals surface area contributed by atoms with Gasteiger partial charge in [-0.1, -0.05) is 24.3 Å². The Kier molecular flexibility index (Phi) is 4.24. The smallest absolute Gasteiger partial charge is 0.0579 e. The molecule has 0 bridgehead atoms. The van der Waals surface area contributed by atoms with E-state index in [0.29, 0.717) is 6.04 Å². The molecule has 4 heteroatoms. The molecule has 0 saturated heterocycles. The van der Waals surface area contributed by atoms with Crippen LogP contribution < -0.4 is 5.32 Å². The number of anilines is 1. The number of thiophene rings is 2. The molecule has 20 heavy (non-hydrogen) atoms. The Bertz CT molecular complexity index is 688. The van der Waals surface area contributed by atoms with Crippen LogP contribution in [0.25, 0.3) is 10.4 Å². The lowest BCUT2D eigenvalue weighted by atomic mass is 10.1. The van der Waals surface area contributed by atoms with Gasteiger partial charge in [-0.3, -0.25) is 0 Å². The van der Waals surface area contributed by atoms with Gasteiger partial charge in [0, 0.05) is 30.9 Å². The third-order valence-corrected chi connectivity index (χ3v) is 5.88. The van der Waals surface area contributed by atoms with Gasteiger partial charge in [-0.05, 0) is 46.4 Å². The zero-order valence-electron chi connectivity index (χ0n) is 11.0. The van der Waals surface area contributed by atoms with Gasteiger partial charge in [-0.15, -0.1) is 22.7 Å². The molecule has 1 nitrogen and oxygen atoms in total. The lowest BCUT2D eigenvalue weighted by Gasteiger charge is -2.16. The summed E-state index contributed by atoms with van der Waals surface area (Å²) < 4.78 is 1.15. The highest BCUT2D eigenvalue weighted by atomic mass is 79.9. The predicted octanol–water partition coefficient (Wildman–Crippen LogP) is 6.41. The molecule has 0 fully saturated rings. The van der Waals surface area contributed by atoms with Crippen LogP contribution in [0.2, 0.25) is 0 Å². The minimum absolute atomic E-state index is 0.299. The zero-order valence-corrected chi connectivity index (χ0v) is 14.2. The van der Waals surface area contributed by atoms with Crippen molar-refractivity contribution in [3.05, 3.63) is 62.6 Å². The number of para-hydroxylation sites is 1. The second-order valence-electron chi connectivity index (χ2n) is 4.56. The molecule has 2 heterocycles. The predicted molar refractivity (Wildman–Crippen MR) is 93.8 cm³/mol. The first kappa shape index (κ1) is 13.9. The second-order valence-corrected chi connectivity index (χ2v) is 7.36. The van der Waals surface area contributed by atoms with E-state index in [1.165, 1.54) is 21.0 Å². The Morgan fingerprint density at radius 2 is 1.95 bits per heavy atom. The quantitative estimate of drug-likeness (QED) is 0.564. The zero-order chi connectivity index (χ0) is 13.9. The second kappa shape index (κ2) is 6.12. The van der Waals surface area contributed by atoms with Crippen molar-refractivity contribution in [1.82, 2.24) is 0 Å². The molecule has 3 aromatic rings. The highest BCUT2D eigenvalue weighted by Crippen LogP contribution is 2.34. The standard InChI is InChI=1S/C16H14BrNS2/c1-11(16-9-12(17)10-20-16)18-14-6-3-2-5-13(14)15-7-4-8-19-15/h2-11,18H,1H3. The summed E-state index contributed by atoms with van der Waals surface area (Å²) in [6.07, 6.45) is 0. The molecule has 1 N–H and O–H groups in total. The maximum Gasteiger partial charge on any atom is 0.0579 e. The molecule has 2 aromatic heterocycles. The van der Waals surface area contributed by atoms with Crippen molar-refractivity contribution < 1.29 is 0 Å². The first-order valence-electron chi connectivity index (χ1n) is 6.37. The summed E-state index contributed by atoms with van der Waals surface area (Å²) in [6, 6.07) is 15.2. The van der Waals surface area contributed by atoms with Crippen LogP contribution in [0.5, 0.6) is 0 Å². The Hall–Kier alpha value is -1.10. The highest BCUT2D eigenvalue weighted by molar-refractivity contribution is 9.10. The minimum atomic E-state index is 0.299. The number of nitrogens with one attached hydrogen (secondary N) is 1. The molecular weight excluding hydrogens is 350 g/mol. The van der Waals surface area contributed by atoms with E-state index in [1.54, 1.807) is 22.7 Å². The van der Waals surface area contributed by atoms with E-state index in [1.807, 2.05) is 0 Å². The van der Waals surface area contributed by atoms with Crippen LogP contribution in [-0.4, -0.2) is 0 Å². The van der Waals surface area contributed by atoms with Crippen LogP contribution >= 0.6 is 38.6 Å². The number of hydrogen-bond donors (Lipinski definition) is 1. The molecule has 0 aliphatic heterocycles. The molecule has 102 valence electrons. The van der Waals surface area contributed by atoms with Gasteiger partial charge in [0.1, 0.15) is 0 Å². The van der Waals surface area contributed by atoms with Gasteiger partial charge in [0.25, 0.3) is 0 Å². The number of benzene rings is 1. The normalized spacial score (nSPS) is 12.3. The average Bonchev–Trinajstić information content (AvgIpc) is 3.10. The van der Waals surface area contributed by atoms with Crippen molar-refractivity contribution >= 4 is 44.3 Å². The summed E-state index contributed by atoms with van der Waals surface area (Å²) >= 11 is 7.06. The van der Waals surface area contributed by atoms with E-state index >= 15 is 0 Å². The number of halogens is 1. The monoisotopic (exact) mass is 363 g/mol. The van der Waals surface area contributed by atoms with E-state index in [0.717, 1.165) is 4.47 Å². The molecule has 3 rings (SSSR count). The minimum Gasteiger partial charge on any atom is -0.377 e. The van der Waals surface area contributed by atoms with Gasteiger partial charge < -0.3 is 5.32 Å². The molecule has 0 amide bonds. The van der Waals surface area contributed by atoms with Crippen LogP contribution in [0.1, 0.15) is 17.8 Å². The summed E-state index contributed by atoms with van der Waals surface area (Å²) in [6.45, 7) is 2.20. The van der Waals surface area contributed by atoms with Crippen LogP contribution in [0.4, 0.5) is 5.69 Å².